The Balaban J connectivity index is 2.43. The molecule has 1 amide bonds. The van der Waals surface area contributed by atoms with Crippen LogP contribution in [0.25, 0.3) is 0 Å². The summed E-state index contributed by atoms with van der Waals surface area (Å²) in [7, 11) is 1.56. The van der Waals surface area contributed by atoms with Gasteiger partial charge in [-0.1, -0.05) is 6.92 Å². The molecule has 0 spiro atoms. The van der Waals surface area contributed by atoms with Crippen molar-refractivity contribution in [1.82, 2.24) is 4.90 Å². The molecule has 1 aliphatic rings. The van der Waals surface area contributed by atoms with Gasteiger partial charge in [-0.05, 0) is 6.42 Å². The molecular weight excluding hydrogens is 158 g/mol. The summed E-state index contributed by atoms with van der Waals surface area (Å²) >= 11 is 0. The van der Waals surface area contributed by atoms with E-state index in [0.29, 0.717) is 26.3 Å². The van der Waals surface area contributed by atoms with Gasteiger partial charge < -0.3 is 14.4 Å². The summed E-state index contributed by atoms with van der Waals surface area (Å²) in [5.41, 5.74) is 0. The Hall–Kier alpha value is -0.610. The molecule has 1 fully saturated rings. The standard InChI is InChI=1S/C8H15NO3/c1-3-7(11-2)8(10)9-4-5-12-6-9/h7H,3-6H2,1-2H3. The van der Waals surface area contributed by atoms with Gasteiger partial charge in [0.2, 0.25) is 0 Å². The highest BCUT2D eigenvalue weighted by Crippen LogP contribution is 2.06. The summed E-state index contributed by atoms with van der Waals surface area (Å²) in [6.07, 6.45) is 0.415. The molecule has 12 heavy (non-hydrogen) atoms. The second-order valence-corrected chi connectivity index (χ2v) is 2.77. The third-order valence-corrected chi connectivity index (χ3v) is 2.00. The van der Waals surface area contributed by atoms with E-state index in [4.69, 9.17) is 9.47 Å². The van der Waals surface area contributed by atoms with E-state index in [2.05, 4.69) is 0 Å². The first-order valence-electron chi connectivity index (χ1n) is 4.19. The summed E-state index contributed by atoms with van der Waals surface area (Å²) in [5, 5.41) is 0. The normalized spacial score (nSPS) is 19.7. The first-order chi connectivity index (χ1) is 5.79. The zero-order chi connectivity index (χ0) is 8.97. The van der Waals surface area contributed by atoms with E-state index in [1.165, 1.54) is 0 Å². The molecule has 1 rings (SSSR count). The summed E-state index contributed by atoms with van der Waals surface area (Å²) in [4.78, 5) is 13.2. The molecule has 0 aliphatic carbocycles. The number of hydrogen-bond acceptors (Lipinski definition) is 3. The van der Waals surface area contributed by atoms with Crippen LogP contribution in [0.5, 0.6) is 0 Å². The zero-order valence-corrected chi connectivity index (χ0v) is 7.58. The lowest BCUT2D eigenvalue weighted by molar-refractivity contribution is -0.142. The van der Waals surface area contributed by atoms with Crippen LogP contribution >= 0.6 is 0 Å². The van der Waals surface area contributed by atoms with Gasteiger partial charge >= 0.3 is 0 Å². The molecule has 0 radical (unpaired) electrons. The topological polar surface area (TPSA) is 38.8 Å². The highest BCUT2D eigenvalue weighted by molar-refractivity contribution is 5.80. The van der Waals surface area contributed by atoms with Crippen molar-refractivity contribution in [2.24, 2.45) is 0 Å². The van der Waals surface area contributed by atoms with Crippen molar-refractivity contribution < 1.29 is 14.3 Å². The maximum Gasteiger partial charge on any atom is 0.253 e. The third kappa shape index (κ3) is 1.95. The lowest BCUT2D eigenvalue weighted by Gasteiger charge is -2.19. The fourth-order valence-electron chi connectivity index (χ4n) is 1.23. The average Bonchev–Trinajstić information content (AvgIpc) is 2.58. The molecule has 1 saturated heterocycles. The molecule has 0 N–H and O–H groups in total. The van der Waals surface area contributed by atoms with Crippen molar-refractivity contribution in [3.63, 3.8) is 0 Å². The summed E-state index contributed by atoms with van der Waals surface area (Å²) in [6.45, 7) is 3.69. The molecule has 1 heterocycles. The Labute approximate surface area is 72.4 Å². The van der Waals surface area contributed by atoms with Crippen LogP contribution in [-0.4, -0.2) is 43.9 Å². The van der Waals surface area contributed by atoms with Gasteiger partial charge in [0.05, 0.1) is 6.61 Å². The average molecular weight is 173 g/mol. The summed E-state index contributed by atoms with van der Waals surface area (Å²) in [6, 6.07) is 0. The number of amides is 1. The van der Waals surface area contributed by atoms with Gasteiger partial charge in [0, 0.05) is 13.7 Å². The molecule has 1 atom stereocenters. The maximum absolute atomic E-state index is 11.5. The molecule has 0 aromatic heterocycles. The van der Waals surface area contributed by atoms with Crippen LogP contribution in [-0.2, 0) is 14.3 Å². The number of ether oxygens (including phenoxy) is 2. The first kappa shape index (κ1) is 9.48. The minimum atomic E-state index is -0.299. The molecule has 4 heteroatoms. The van der Waals surface area contributed by atoms with Gasteiger partial charge in [0.1, 0.15) is 12.8 Å². The number of hydrogen-bond donors (Lipinski definition) is 0. The van der Waals surface area contributed by atoms with Crippen molar-refractivity contribution in [3.05, 3.63) is 0 Å². The molecule has 0 aromatic rings. The van der Waals surface area contributed by atoms with Gasteiger partial charge in [-0.15, -0.1) is 0 Å². The maximum atomic E-state index is 11.5. The van der Waals surface area contributed by atoms with Crippen molar-refractivity contribution in [1.29, 1.82) is 0 Å². The predicted octanol–water partition coefficient (Wildman–Crippen LogP) is 0.228. The molecule has 1 aliphatic heterocycles. The van der Waals surface area contributed by atoms with Gasteiger partial charge in [0.15, 0.2) is 0 Å². The van der Waals surface area contributed by atoms with Crippen LogP contribution in [0.15, 0.2) is 0 Å². The largest absolute Gasteiger partial charge is 0.372 e. The fourth-order valence-corrected chi connectivity index (χ4v) is 1.23. The molecule has 70 valence electrons. The van der Waals surface area contributed by atoms with Crippen LogP contribution in [0.1, 0.15) is 13.3 Å². The number of carbonyl (C=O) groups is 1. The molecular formula is C8H15NO3. The second-order valence-electron chi connectivity index (χ2n) is 2.77. The van der Waals surface area contributed by atoms with E-state index in [9.17, 15) is 4.79 Å². The van der Waals surface area contributed by atoms with Gasteiger partial charge in [-0.2, -0.15) is 0 Å². The SMILES string of the molecule is CCC(OC)C(=O)N1CCOC1. The molecule has 4 nitrogen and oxygen atoms in total. The molecule has 0 bridgehead atoms. The monoisotopic (exact) mass is 173 g/mol. The Bertz CT molecular complexity index is 146. The number of methoxy groups -OCH3 is 1. The molecule has 0 aromatic carbocycles. The van der Waals surface area contributed by atoms with E-state index in [1.807, 2.05) is 6.92 Å². The smallest absolute Gasteiger partial charge is 0.253 e. The van der Waals surface area contributed by atoms with E-state index in [-0.39, 0.29) is 12.0 Å². The highest BCUT2D eigenvalue weighted by atomic mass is 16.5. The van der Waals surface area contributed by atoms with Gasteiger partial charge in [0.25, 0.3) is 5.91 Å². The van der Waals surface area contributed by atoms with E-state index in [0.717, 1.165) is 0 Å². The Morgan fingerprint density at radius 3 is 2.92 bits per heavy atom. The first-order valence-corrected chi connectivity index (χ1v) is 4.19. The van der Waals surface area contributed by atoms with Crippen molar-refractivity contribution in [3.8, 4) is 0 Å². The summed E-state index contributed by atoms with van der Waals surface area (Å²) < 4.78 is 10.1. The Morgan fingerprint density at radius 2 is 2.50 bits per heavy atom. The fraction of sp³-hybridized carbons (Fsp3) is 0.875. The Kier molecular flexibility index (Phi) is 3.49. The van der Waals surface area contributed by atoms with Crippen LogP contribution in [0.4, 0.5) is 0 Å². The van der Waals surface area contributed by atoms with E-state index in [1.54, 1.807) is 12.0 Å². The lowest BCUT2D eigenvalue weighted by atomic mass is 10.2. The van der Waals surface area contributed by atoms with Crippen LogP contribution < -0.4 is 0 Å². The number of carbonyl (C=O) groups excluding carboxylic acids is 1. The molecule has 1 unspecified atom stereocenters. The highest BCUT2D eigenvalue weighted by Gasteiger charge is 2.24. The van der Waals surface area contributed by atoms with Crippen molar-refractivity contribution >= 4 is 5.91 Å². The lowest BCUT2D eigenvalue weighted by Crippen LogP contribution is -2.38. The van der Waals surface area contributed by atoms with E-state index >= 15 is 0 Å². The minimum Gasteiger partial charge on any atom is -0.372 e. The number of nitrogens with zero attached hydrogens (tertiary/aromatic N) is 1. The Morgan fingerprint density at radius 1 is 1.75 bits per heavy atom. The zero-order valence-electron chi connectivity index (χ0n) is 7.58. The quantitative estimate of drug-likeness (QED) is 0.613. The van der Waals surface area contributed by atoms with Crippen LogP contribution in [0, 0.1) is 0 Å². The van der Waals surface area contributed by atoms with Crippen LogP contribution in [0.2, 0.25) is 0 Å². The van der Waals surface area contributed by atoms with Crippen molar-refractivity contribution in [2.75, 3.05) is 27.0 Å². The van der Waals surface area contributed by atoms with E-state index < -0.39 is 0 Å². The van der Waals surface area contributed by atoms with Crippen molar-refractivity contribution in [2.45, 2.75) is 19.4 Å². The summed E-state index contributed by atoms with van der Waals surface area (Å²) in [5.74, 6) is 0.0394. The van der Waals surface area contributed by atoms with Gasteiger partial charge in [-0.25, -0.2) is 0 Å². The number of rotatable bonds is 3. The van der Waals surface area contributed by atoms with Crippen LogP contribution in [0.3, 0.4) is 0 Å². The third-order valence-electron chi connectivity index (χ3n) is 2.00. The van der Waals surface area contributed by atoms with Gasteiger partial charge in [-0.3, -0.25) is 4.79 Å². The second kappa shape index (κ2) is 4.42. The minimum absolute atomic E-state index is 0.0394. The predicted molar refractivity (Wildman–Crippen MR) is 43.6 cm³/mol. The molecule has 0 saturated carbocycles.